The van der Waals surface area contributed by atoms with Crippen molar-refractivity contribution in [1.29, 1.82) is 0 Å². The Kier molecular flexibility index (Phi) is 5.82. The summed E-state index contributed by atoms with van der Waals surface area (Å²) < 4.78 is 22.3. The molecule has 4 nitrogen and oxygen atoms in total. The van der Waals surface area contributed by atoms with E-state index >= 15 is 0 Å². The van der Waals surface area contributed by atoms with E-state index in [1.165, 1.54) is 11.8 Å². The van der Waals surface area contributed by atoms with Gasteiger partial charge in [0.25, 0.3) is 0 Å². The monoisotopic (exact) mass is 284 g/mol. The number of nitrogens with one attached hydrogen (secondary N) is 1. The Balaban J connectivity index is 2.65. The van der Waals surface area contributed by atoms with E-state index in [1.54, 1.807) is 0 Å². The summed E-state index contributed by atoms with van der Waals surface area (Å²) in [7, 11) is -0.997. The number of nitrogens with zero attached hydrogens (tertiary/aromatic N) is 1. The molecule has 0 aliphatic rings. The molecule has 0 radical (unpaired) electrons. The standard InChI is InChI=1S/C14H24N2O2S/c1-5-15-12(2)13-6-8-14(9-7-13)16(3)10-11-19(4,17)18/h6-9,12,15H,5,10-11H2,1-4H3. The van der Waals surface area contributed by atoms with Crippen LogP contribution in [0.1, 0.15) is 25.5 Å². The zero-order valence-corrected chi connectivity index (χ0v) is 13.0. The van der Waals surface area contributed by atoms with Gasteiger partial charge < -0.3 is 10.2 Å². The Bertz CT molecular complexity index is 483. The van der Waals surface area contributed by atoms with Gasteiger partial charge >= 0.3 is 0 Å². The van der Waals surface area contributed by atoms with Crippen LogP contribution in [-0.4, -0.2) is 40.6 Å². The third-order valence-electron chi connectivity index (χ3n) is 3.14. The van der Waals surface area contributed by atoms with E-state index in [1.807, 2.05) is 24.1 Å². The summed E-state index contributed by atoms with van der Waals surface area (Å²) in [6, 6.07) is 8.57. The normalized spacial score (nSPS) is 13.3. The van der Waals surface area contributed by atoms with Gasteiger partial charge in [-0.2, -0.15) is 0 Å². The molecule has 1 unspecified atom stereocenters. The molecule has 19 heavy (non-hydrogen) atoms. The minimum absolute atomic E-state index is 0.180. The van der Waals surface area contributed by atoms with Crippen molar-refractivity contribution in [2.75, 3.05) is 37.0 Å². The van der Waals surface area contributed by atoms with E-state index in [4.69, 9.17) is 0 Å². The predicted octanol–water partition coefficient (Wildman–Crippen LogP) is 1.84. The van der Waals surface area contributed by atoms with E-state index in [0.29, 0.717) is 12.6 Å². The van der Waals surface area contributed by atoms with Gasteiger partial charge in [-0.3, -0.25) is 0 Å². The third-order valence-corrected chi connectivity index (χ3v) is 4.07. The van der Waals surface area contributed by atoms with Gasteiger partial charge in [-0.25, -0.2) is 8.42 Å². The molecule has 0 amide bonds. The summed E-state index contributed by atoms with van der Waals surface area (Å²) >= 11 is 0. The maximum absolute atomic E-state index is 11.1. The molecule has 1 aromatic carbocycles. The van der Waals surface area contributed by atoms with Crippen LogP contribution >= 0.6 is 0 Å². The average molecular weight is 284 g/mol. The number of sulfone groups is 1. The number of benzene rings is 1. The lowest BCUT2D eigenvalue weighted by Crippen LogP contribution is -2.25. The molecule has 0 aliphatic heterocycles. The van der Waals surface area contributed by atoms with Crippen LogP contribution in [0, 0.1) is 0 Å². The first-order chi connectivity index (χ1) is 8.83. The molecule has 0 aliphatic carbocycles. The smallest absolute Gasteiger partial charge is 0.149 e. The molecule has 0 heterocycles. The van der Waals surface area contributed by atoms with Gasteiger partial charge in [0.15, 0.2) is 0 Å². The summed E-state index contributed by atoms with van der Waals surface area (Å²) in [5, 5.41) is 3.36. The van der Waals surface area contributed by atoms with Crippen LogP contribution in [0.2, 0.25) is 0 Å². The summed E-state index contributed by atoms with van der Waals surface area (Å²) in [5.74, 6) is 0.180. The number of hydrogen-bond acceptors (Lipinski definition) is 4. The van der Waals surface area contributed by atoms with Gasteiger partial charge in [-0.15, -0.1) is 0 Å². The number of anilines is 1. The Morgan fingerprint density at radius 3 is 2.32 bits per heavy atom. The van der Waals surface area contributed by atoms with Crippen LogP contribution in [0.15, 0.2) is 24.3 Å². The highest BCUT2D eigenvalue weighted by Gasteiger charge is 2.08. The maximum Gasteiger partial charge on any atom is 0.149 e. The molecule has 108 valence electrons. The predicted molar refractivity (Wildman–Crippen MR) is 81.5 cm³/mol. The van der Waals surface area contributed by atoms with Gasteiger partial charge in [-0.1, -0.05) is 19.1 Å². The first kappa shape index (κ1) is 16.0. The van der Waals surface area contributed by atoms with Crippen LogP contribution in [0.25, 0.3) is 0 Å². The highest BCUT2D eigenvalue weighted by molar-refractivity contribution is 7.90. The molecule has 0 saturated heterocycles. The Labute approximate surface area is 116 Å². The number of hydrogen-bond donors (Lipinski definition) is 1. The minimum Gasteiger partial charge on any atom is -0.374 e. The van der Waals surface area contributed by atoms with E-state index in [-0.39, 0.29) is 5.75 Å². The second-order valence-corrected chi connectivity index (χ2v) is 7.18. The highest BCUT2D eigenvalue weighted by atomic mass is 32.2. The van der Waals surface area contributed by atoms with Crippen molar-refractivity contribution < 1.29 is 8.42 Å². The fourth-order valence-electron chi connectivity index (χ4n) is 1.87. The Morgan fingerprint density at radius 2 is 1.84 bits per heavy atom. The fraction of sp³-hybridized carbons (Fsp3) is 0.571. The molecule has 1 atom stereocenters. The second kappa shape index (κ2) is 6.91. The molecule has 0 fully saturated rings. The van der Waals surface area contributed by atoms with E-state index in [0.717, 1.165) is 12.2 Å². The van der Waals surface area contributed by atoms with Crippen LogP contribution < -0.4 is 10.2 Å². The lowest BCUT2D eigenvalue weighted by atomic mass is 10.1. The van der Waals surface area contributed by atoms with Gasteiger partial charge in [0.2, 0.25) is 0 Å². The van der Waals surface area contributed by atoms with Crippen LogP contribution in [-0.2, 0) is 9.84 Å². The molecular weight excluding hydrogens is 260 g/mol. The van der Waals surface area contributed by atoms with Crippen molar-refractivity contribution in [1.82, 2.24) is 5.32 Å². The minimum atomic E-state index is -2.91. The summed E-state index contributed by atoms with van der Waals surface area (Å²) in [5.41, 5.74) is 2.28. The molecular formula is C14H24N2O2S. The zero-order valence-electron chi connectivity index (χ0n) is 12.2. The van der Waals surface area contributed by atoms with Gasteiger partial charge in [0.05, 0.1) is 5.75 Å². The van der Waals surface area contributed by atoms with Gasteiger partial charge in [0, 0.05) is 31.6 Å². The molecule has 0 saturated carbocycles. The number of rotatable bonds is 7. The molecule has 1 aromatic rings. The third kappa shape index (κ3) is 5.61. The maximum atomic E-state index is 11.1. The molecule has 0 aromatic heterocycles. The van der Waals surface area contributed by atoms with Crippen molar-refractivity contribution in [3.63, 3.8) is 0 Å². The second-order valence-electron chi connectivity index (χ2n) is 4.92. The first-order valence-corrected chi connectivity index (χ1v) is 8.61. The SMILES string of the molecule is CCNC(C)c1ccc(N(C)CCS(C)(=O)=O)cc1. The quantitative estimate of drug-likeness (QED) is 0.830. The summed E-state index contributed by atoms with van der Waals surface area (Å²) in [6.45, 7) is 5.67. The van der Waals surface area contributed by atoms with Crippen molar-refractivity contribution >= 4 is 15.5 Å². The van der Waals surface area contributed by atoms with Gasteiger partial charge in [0.1, 0.15) is 9.84 Å². The first-order valence-electron chi connectivity index (χ1n) is 6.55. The van der Waals surface area contributed by atoms with Crippen LogP contribution in [0.5, 0.6) is 0 Å². The molecule has 0 bridgehead atoms. The summed E-state index contributed by atoms with van der Waals surface area (Å²) in [4.78, 5) is 1.96. The van der Waals surface area contributed by atoms with Crippen molar-refractivity contribution in [2.45, 2.75) is 19.9 Å². The Morgan fingerprint density at radius 1 is 1.26 bits per heavy atom. The molecule has 1 N–H and O–H groups in total. The van der Waals surface area contributed by atoms with Crippen LogP contribution in [0.3, 0.4) is 0 Å². The molecule has 1 rings (SSSR count). The lowest BCUT2D eigenvalue weighted by Gasteiger charge is -2.20. The van der Waals surface area contributed by atoms with E-state index in [9.17, 15) is 8.42 Å². The summed E-state index contributed by atoms with van der Waals surface area (Å²) in [6.07, 6.45) is 1.27. The van der Waals surface area contributed by atoms with Crippen molar-refractivity contribution in [3.05, 3.63) is 29.8 Å². The topological polar surface area (TPSA) is 49.4 Å². The van der Waals surface area contributed by atoms with Crippen molar-refractivity contribution in [2.24, 2.45) is 0 Å². The Hall–Kier alpha value is -1.07. The molecule has 5 heteroatoms. The van der Waals surface area contributed by atoms with Crippen molar-refractivity contribution in [3.8, 4) is 0 Å². The highest BCUT2D eigenvalue weighted by Crippen LogP contribution is 2.18. The van der Waals surface area contributed by atoms with Gasteiger partial charge in [-0.05, 0) is 31.2 Å². The van der Waals surface area contributed by atoms with E-state index in [2.05, 4.69) is 31.3 Å². The van der Waals surface area contributed by atoms with E-state index < -0.39 is 9.84 Å². The van der Waals surface area contributed by atoms with Crippen LogP contribution in [0.4, 0.5) is 5.69 Å². The zero-order chi connectivity index (χ0) is 14.5. The lowest BCUT2D eigenvalue weighted by molar-refractivity contribution is 0.598. The molecule has 0 spiro atoms. The largest absolute Gasteiger partial charge is 0.374 e. The average Bonchev–Trinajstić information content (AvgIpc) is 2.35. The fourth-order valence-corrected chi connectivity index (χ4v) is 2.48.